The molecule has 3 fully saturated rings. The Morgan fingerprint density at radius 1 is 1.26 bits per heavy atom. The van der Waals surface area contributed by atoms with Crippen molar-refractivity contribution in [3.8, 4) is 0 Å². The Hall–Kier alpha value is -1.46. The summed E-state index contributed by atoms with van der Waals surface area (Å²) in [6.07, 6.45) is 2.53. The number of fused-ring (bicyclic) bond motifs is 4. The summed E-state index contributed by atoms with van der Waals surface area (Å²) in [6, 6.07) is 8.20. The summed E-state index contributed by atoms with van der Waals surface area (Å²) in [5, 5.41) is 5.50. The lowest BCUT2D eigenvalue weighted by Crippen LogP contribution is -2.48. The Morgan fingerprint density at radius 3 is 2.84 bits per heavy atom. The molecular weight excluding hydrogens is 256 g/mol. The van der Waals surface area contributed by atoms with Crippen LogP contribution in [-0.2, 0) is 0 Å². The zero-order valence-electron chi connectivity index (χ0n) is 10.7. The van der Waals surface area contributed by atoms with Crippen LogP contribution in [0.25, 0.3) is 10.2 Å². The second-order valence-electron chi connectivity index (χ2n) is 5.25. The molecule has 1 aromatic heterocycles. The Balaban J connectivity index is 1.55. The van der Waals surface area contributed by atoms with E-state index in [1.165, 1.54) is 36.3 Å². The largest absolute Gasteiger partial charge is 0.298 e. The molecular formula is C14H16N4S. The Labute approximate surface area is 116 Å². The molecule has 0 spiro atoms. The van der Waals surface area contributed by atoms with Crippen LogP contribution in [0.4, 0.5) is 5.13 Å². The predicted octanol–water partition coefficient (Wildman–Crippen LogP) is 2.79. The zero-order valence-corrected chi connectivity index (χ0v) is 11.5. The van der Waals surface area contributed by atoms with Crippen molar-refractivity contribution in [1.29, 1.82) is 0 Å². The first-order chi connectivity index (χ1) is 9.38. The molecule has 19 heavy (non-hydrogen) atoms. The first-order valence-corrected chi connectivity index (χ1v) is 7.60. The standard InChI is InChI=1S/C14H16N4S/c1-2-4-13-11(3-1)15-14(19-13)17-16-12-9-18-7-5-10(12)6-8-18/h1-4,10H,5-9H2,(H,15,17). The van der Waals surface area contributed by atoms with Crippen LogP contribution in [0, 0.1) is 5.92 Å². The van der Waals surface area contributed by atoms with E-state index in [0.29, 0.717) is 5.92 Å². The third-order valence-electron chi connectivity index (χ3n) is 4.03. The first-order valence-electron chi connectivity index (χ1n) is 6.79. The number of nitrogens with zero attached hydrogens (tertiary/aromatic N) is 3. The molecule has 3 aliphatic rings. The number of nitrogens with one attached hydrogen (secondary N) is 1. The number of piperidine rings is 3. The number of rotatable bonds is 2. The van der Waals surface area contributed by atoms with Crippen molar-refractivity contribution < 1.29 is 0 Å². The monoisotopic (exact) mass is 272 g/mol. The maximum Gasteiger partial charge on any atom is 0.204 e. The maximum absolute atomic E-state index is 4.60. The second-order valence-corrected chi connectivity index (χ2v) is 6.28. The topological polar surface area (TPSA) is 40.5 Å². The van der Waals surface area contributed by atoms with E-state index in [1.807, 2.05) is 18.2 Å². The maximum atomic E-state index is 4.60. The molecule has 0 radical (unpaired) electrons. The van der Waals surface area contributed by atoms with Crippen LogP contribution in [-0.4, -0.2) is 35.2 Å². The van der Waals surface area contributed by atoms with E-state index in [4.69, 9.17) is 0 Å². The van der Waals surface area contributed by atoms with E-state index >= 15 is 0 Å². The van der Waals surface area contributed by atoms with Crippen molar-refractivity contribution in [1.82, 2.24) is 9.88 Å². The van der Waals surface area contributed by atoms with Crippen LogP contribution >= 0.6 is 11.3 Å². The van der Waals surface area contributed by atoms with Gasteiger partial charge in [0.15, 0.2) is 0 Å². The Morgan fingerprint density at radius 2 is 2.11 bits per heavy atom. The van der Waals surface area contributed by atoms with Gasteiger partial charge in [-0.1, -0.05) is 23.5 Å². The SMILES string of the molecule is c1ccc2sc(NN=C3CN4CCC3CC4)nc2c1. The fourth-order valence-corrected chi connectivity index (χ4v) is 3.76. The molecule has 5 rings (SSSR count). The average Bonchev–Trinajstić information content (AvgIpc) is 2.89. The molecule has 2 aromatic rings. The van der Waals surface area contributed by atoms with Gasteiger partial charge in [0.2, 0.25) is 5.13 Å². The summed E-state index contributed by atoms with van der Waals surface area (Å²) in [4.78, 5) is 7.03. The molecule has 1 aromatic carbocycles. The van der Waals surface area contributed by atoms with Crippen LogP contribution in [0.5, 0.6) is 0 Å². The third-order valence-corrected chi connectivity index (χ3v) is 4.97. The summed E-state index contributed by atoms with van der Waals surface area (Å²) >= 11 is 1.66. The van der Waals surface area contributed by atoms with Gasteiger partial charge in [-0.3, -0.25) is 10.3 Å². The third kappa shape index (κ3) is 2.13. The Bertz CT molecular complexity index is 592. The normalized spacial score (nSPS) is 28.1. The van der Waals surface area contributed by atoms with Crippen LogP contribution in [0.3, 0.4) is 0 Å². The summed E-state index contributed by atoms with van der Waals surface area (Å²) in [5.74, 6) is 0.687. The highest BCUT2D eigenvalue weighted by molar-refractivity contribution is 7.22. The minimum Gasteiger partial charge on any atom is -0.298 e. The number of hydrogen-bond donors (Lipinski definition) is 1. The minimum atomic E-state index is 0.687. The lowest BCUT2D eigenvalue weighted by atomic mass is 9.87. The molecule has 3 aliphatic heterocycles. The fraction of sp³-hybridized carbons (Fsp3) is 0.429. The van der Waals surface area contributed by atoms with Gasteiger partial charge < -0.3 is 0 Å². The molecule has 5 heteroatoms. The first kappa shape index (κ1) is 11.4. The molecule has 0 unspecified atom stereocenters. The van der Waals surface area contributed by atoms with Gasteiger partial charge in [0.25, 0.3) is 0 Å². The van der Waals surface area contributed by atoms with Gasteiger partial charge >= 0.3 is 0 Å². The molecule has 0 amide bonds. The predicted molar refractivity (Wildman–Crippen MR) is 79.8 cm³/mol. The average molecular weight is 272 g/mol. The van der Waals surface area contributed by atoms with E-state index in [1.54, 1.807) is 11.3 Å². The lowest BCUT2D eigenvalue weighted by molar-refractivity contribution is 0.200. The van der Waals surface area contributed by atoms with Crippen molar-refractivity contribution in [2.24, 2.45) is 11.0 Å². The Kier molecular flexibility index (Phi) is 2.74. The van der Waals surface area contributed by atoms with Gasteiger partial charge in [-0.25, -0.2) is 4.98 Å². The van der Waals surface area contributed by atoms with Crippen LogP contribution in [0.2, 0.25) is 0 Å². The van der Waals surface area contributed by atoms with Crippen molar-refractivity contribution >= 4 is 32.4 Å². The summed E-state index contributed by atoms with van der Waals surface area (Å²) in [6.45, 7) is 3.51. The smallest absolute Gasteiger partial charge is 0.204 e. The van der Waals surface area contributed by atoms with Gasteiger partial charge in [-0.2, -0.15) is 5.10 Å². The van der Waals surface area contributed by atoms with Crippen molar-refractivity contribution in [2.75, 3.05) is 25.1 Å². The highest BCUT2D eigenvalue weighted by Gasteiger charge is 2.30. The van der Waals surface area contributed by atoms with Crippen LogP contribution in [0.1, 0.15) is 12.8 Å². The quantitative estimate of drug-likeness (QED) is 0.855. The number of thiazole rings is 1. The van der Waals surface area contributed by atoms with E-state index in [9.17, 15) is 0 Å². The zero-order chi connectivity index (χ0) is 12.7. The number of hydrogen-bond acceptors (Lipinski definition) is 5. The number of hydrazone groups is 1. The van der Waals surface area contributed by atoms with Gasteiger partial charge in [0.05, 0.1) is 15.9 Å². The summed E-state index contributed by atoms with van der Waals surface area (Å²) in [5.41, 5.74) is 5.51. The number of anilines is 1. The molecule has 0 saturated carbocycles. The number of benzene rings is 1. The van der Waals surface area contributed by atoms with Crippen molar-refractivity contribution in [3.63, 3.8) is 0 Å². The molecule has 4 nitrogen and oxygen atoms in total. The van der Waals surface area contributed by atoms with E-state index in [2.05, 4.69) is 26.5 Å². The van der Waals surface area contributed by atoms with E-state index < -0.39 is 0 Å². The number of aromatic nitrogens is 1. The molecule has 1 N–H and O–H groups in total. The van der Waals surface area contributed by atoms with Crippen LogP contribution < -0.4 is 5.43 Å². The van der Waals surface area contributed by atoms with Crippen molar-refractivity contribution in [3.05, 3.63) is 24.3 Å². The van der Waals surface area contributed by atoms with E-state index in [-0.39, 0.29) is 0 Å². The molecule has 3 saturated heterocycles. The van der Waals surface area contributed by atoms with Gasteiger partial charge in [-0.15, -0.1) is 0 Å². The number of para-hydroxylation sites is 1. The van der Waals surface area contributed by atoms with Gasteiger partial charge in [0, 0.05) is 12.5 Å². The van der Waals surface area contributed by atoms with Gasteiger partial charge in [-0.05, 0) is 38.1 Å². The lowest BCUT2D eigenvalue weighted by Gasteiger charge is -2.39. The molecule has 2 bridgehead atoms. The molecule has 0 aliphatic carbocycles. The molecule has 0 atom stereocenters. The second kappa shape index (κ2) is 4.58. The summed E-state index contributed by atoms with van der Waals surface area (Å²) < 4.78 is 1.21. The highest BCUT2D eigenvalue weighted by Crippen LogP contribution is 2.27. The van der Waals surface area contributed by atoms with Crippen LogP contribution in [0.15, 0.2) is 29.4 Å². The van der Waals surface area contributed by atoms with E-state index in [0.717, 1.165) is 17.2 Å². The molecule has 4 heterocycles. The highest BCUT2D eigenvalue weighted by atomic mass is 32.1. The summed E-state index contributed by atoms with van der Waals surface area (Å²) in [7, 11) is 0. The minimum absolute atomic E-state index is 0.687. The molecule has 98 valence electrons. The van der Waals surface area contributed by atoms with Gasteiger partial charge in [0.1, 0.15) is 0 Å². The van der Waals surface area contributed by atoms with Crippen molar-refractivity contribution in [2.45, 2.75) is 12.8 Å². The fourth-order valence-electron chi connectivity index (χ4n) is 2.95.